The molecule has 3 rings (SSSR count). The molecule has 1 heterocycles. The van der Waals surface area contributed by atoms with E-state index in [1.807, 2.05) is 24.3 Å². The first kappa shape index (κ1) is 13.8. The number of fused-ring (bicyclic) bond motifs is 1. The fraction of sp³-hybridized carbons (Fsp3) is 0.375. The molecule has 0 saturated carbocycles. The summed E-state index contributed by atoms with van der Waals surface area (Å²) in [7, 11) is 1.69. The van der Waals surface area contributed by atoms with E-state index in [-0.39, 0.29) is 23.3 Å². The van der Waals surface area contributed by atoms with E-state index in [0.717, 1.165) is 11.1 Å². The maximum Gasteiger partial charge on any atom is 0.354 e. The van der Waals surface area contributed by atoms with Gasteiger partial charge in [-0.3, -0.25) is 0 Å². The van der Waals surface area contributed by atoms with Crippen LogP contribution in [0.5, 0.6) is 0 Å². The molecule has 0 saturated heterocycles. The number of carboxylic acids is 1. The highest BCUT2D eigenvalue weighted by molar-refractivity contribution is 5.85. The minimum atomic E-state index is -0.971. The van der Waals surface area contributed by atoms with Gasteiger partial charge < -0.3 is 14.4 Å². The van der Waals surface area contributed by atoms with Crippen molar-refractivity contribution in [3.05, 3.63) is 53.6 Å². The Labute approximate surface area is 123 Å². The predicted molar refractivity (Wildman–Crippen MR) is 77.3 cm³/mol. The maximum atomic E-state index is 11.4. The molecule has 1 aromatic carbocycles. The van der Waals surface area contributed by atoms with Crippen LogP contribution in [0.15, 0.2) is 36.8 Å². The topological polar surface area (TPSA) is 64.4 Å². The summed E-state index contributed by atoms with van der Waals surface area (Å²) >= 11 is 0. The number of methoxy groups -OCH3 is 1. The highest BCUT2D eigenvalue weighted by Gasteiger charge is 2.48. The van der Waals surface area contributed by atoms with E-state index in [9.17, 15) is 9.90 Å². The van der Waals surface area contributed by atoms with Gasteiger partial charge in [0.2, 0.25) is 0 Å². The lowest BCUT2D eigenvalue weighted by Crippen LogP contribution is -2.29. The molecule has 1 aliphatic rings. The Balaban J connectivity index is 2.22. The third kappa shape index (κ3) is 1.88. The summed E-state index contributed by atoms with van der Waals surface area (Å²) in [6.45, 7) is 4.19. The molecule has 110 valence electrons. The predicted octanol–water partition coefficient (Wildman–Crippen LogP) is 2.90. The Morgan fingerprint density at radius 3 is 2.62 bits per heavy atom. The van der Waals surface area contributed by atoms with Crippen LogP contribution in [0.25, 0.3) is 0 Å². The second-order valence-electron chi connectivity index (χ2n) is 5.96. The molecule has 2 aromatic rings. The Kier molecular flexibility index (Phi) is 3.10. The largest absolute Gasteiger partial charge is 0.477 e. The van der Waals surface area contributed by atoms with E-state index in [4.69, 9.17) is 4.74 Å². The molecule has 1 aromatic heterocycles. The summed E-state index contributed by atoms with van der Waals surface area (Å²) in [5, 5.41) is 9.36. The molecule has 21 heavy (non-hydrogen) atoms. The zero-order chi connectivity index (χ0) is 15.2. The van der Waals surface area contributed by atoms with Crippen LogP contribution in [0.3, 0.4) is 0 Å². The summed E-state index contributed by atoms with van der Waals surface area (Å²) in [6.07, 6.45) is 2.90. The van der Waals surface area contributed by atoms with Crippen molar-refractivity contribution in [1.82, 2.24) is 9.55 Å². The Bertz CT molecular complexity index is 690. The van der Waals surface area contributed by atoms with E-state index in [1.54, 1.807) is 18.0 Å². The van der Waals surface area contributed by atoms with Gasteiger partial charge in [0.1, 0.15) is 5.69 Å². The van der Waals surface area contributed by atoms with Gasteiger partial charge in [-0.05, 0) is 11.1 Å². The first-order valence-electron chi connectivity index (χ1n) is 6.85. The molecule has 0 radical (unpaired) electrons. The Hall–Kier alpha value is -2.14. The number of imidazole rings is 1. The van der Waals surface area contributed by atoms with Gasteiger partial charge in [-0.15, -0.1) is 0 Å². The highest BCUT2D eigenvalue weighted by atomic mass is 16.5. The second kappa shape index (κ2) is 4.70. The van der Waals surface area contributed by atoms with Gasteiger partial charge in [-0.1, -0.05) is 38.1 Å². The molecule has 1 aliphatic carbocycles. The smallest absolute Gasteiger partial charge is 0.354 e. The first-order chi connectivity index (χ1) is 9.98. The van der Waals surface area contributed by atoms with E-state index < -0.39 is 5.97 Å². The van der Waals surface area contributed by atoms with Crippen LogP contribution in [-0.4, -0.2) is 27.7 Å². The zero-order valence-corrected chi connectivity index (χ0v) is 12.3. The number of carbonyl (C=O) groups is 1. The average Bonchev–Trinajstić information content (AvgIpc) is 2.97. The average molecular weight is 286 g/mol. The third-order valence-electron chi connectivity index (χ3n) is 4.35. The molecule has 2 unspecified atom stereocenters. The molecular weight excluding hydrogens is 268 g/mol. The molecular formula is C16H18N2O3. The lowest BCUT2D eigenvalue weighted by Gasteiger charge is -2.33. The quantitative estimate of drug-likeness (QED) is 0.942. The van der Waals surface area contributed by atoms with Crippen LogP contribution in [0.4, 0.5) is 0 Å². The van der Waals surface area contributed by atoms with E-state index in [2.05, 4.69) is 18.8 Å². The van der Waals surface area contributed by atoms with E-state index >= 15 is 0 Å². The van der Waals surface area contributed by atoms with Crippen LogP contribution in [0.2, 0.25) is 0 Å². The van der Waals surface area contributed by atoms with Gasteiger partial charge in [-0.2, -0.15) is 0 Å². The number of rotatable bonds is 3. The van der Waals surface area contributed by atoms with Gasteiger partial charge in [-0.25, -0.2) is 9.78 Å². The van der Waals surface area contributed by atoms with Gasteiger partial charge >= 0.3 is 5.97 Å². The SMILES string of the molecule is COC1c2ccccc2C(n2cncc2C(=O)O)C1(C)C. The van der Waals surface area contributed by atoms with Crippen LogP contribution in [0.1, 0.15) is 47.6 Å². The monoisotopic (exact) mass is 286 g/mol. The van der Waals surface area contributed by atoms with Crippen molar-refractivity contribution < 1.29 is 14.6 Å². The zero-order valence-electron chi connectivity index (χ0n) is 12.3. The number of hydrogen-bond acceptors (Lipinski definition) is 3. The fourth-order valence-corrected chi connectivity index (χ4v) is 3.56. The fourth-order valence-electron chi connectivity index (χ4n) is 3.56. The first-order valence-corrected chi connectivity index (χ1v) is 6.85. The van der Waals surface area contributed by atoms with Crippen molar-refractivity contribution in [1.29, 1.82) is 0 Å². The molecule has 1 N–H and O–H groups in total. The number of nitrogens with zero attached hydrogens (tertiary/aromatic N) is 2. The summed E-state index contributed by atoms with van der Waals surface area (Å²) in [5.74, 6) is -0.971. The Morgan fingerprint density at radius 1 is 1.33 bits per heavy atom. The van der Waals surface area contributed by atoms with Crippen molar-refractivity contribution in [2.24, 2.45) is 5.41 Å². The molecule has 0 fully saturated rings. The lowest BCUT2D eigenvalue weighted by molar-refractivity contribution is 0.000469. The number of aromatic nitrogens is 2. The number of carboxylic acid groups (broad SMARTS) is 1. The van der Waals surface area contributed by atoms with E-state index in [0.29, 0.717) is 0 Å². The number of ether oxygens (including phenoxy) is 1. The minimum Gasteiger partial charge on any atom is -0.477 e. The van der Waals surface area contributed by atoms with Gasteiger partial charge in [0.15, 0.2) is 0 Å². The summed E-state index contributed by atoms with van der Waals surface area (Å²) < 4.78 is 7.44. The summed E-state index contributed by atoms with van der Waals surface area (Å²) in [6, 6.07) is 7.91. The van der Waals surface area contributed by atoms with Crippen molar-refractivity contribution in [2.45, 2.75) is 26.0 Å². The lowest BCUT2D eigenvalue weighted by atomic mass is 9.83. The summed E-state index contributed by atoms with van der Waals surface area (Å²) in [4.78, 5) is 15.4. The van der Waals surface area contributed by atoms with Gasteiger partial charge in [0, 0.05) is 12.5 Å². The molecule has 0 bridgehead atoms. The van der Waals surface area contributed by atoms with Crippen molar-refractivity contribution in [3.8, 4) is 0 Å². The third-order valence-corrected chi connectivity index (χ3v) is 4.35. The number of hydrogen-bond donors (Lipinski definition) is 1. The normalized spacial score (nSPS) is 23.0. The highest BCUT2D eigenvalue weighted by Crippen LogP contribution is 2.55. The molecule has 5 nitrogen and oxygen atoms in total. The molecule has 0 amide bonds. The Morgan fingerprint density at radius 2 is 2.00 bits per heavy atom. The van der Waals surface area contributed by atoms with Crippen LogP contribution < -0.4 is 0 Å². The van der Waals surface area contributed by atoms with Gasteiger partial charge in [0.25, 0.3) is 0 Å². The van der Waals surface area contributed by atoms with Crippen molar-refractivity contribution >= 4 is 5.97 Å². The minimum absolute atomic E-state index is 0.0808. The van der Waals surface area contributed by atoms with Crippen LogP contribution >= 0.6 is 0 Å². The van der Waals surface area contributed by atoms with Crippen LogP contribution in [0, 0.1) is 5.41 Å². The van der Waals surface area contributed by atoms with Crippen molar-refractivity contribution in [2.75, 3.05) is 7.11 Å². The number of aromatic carboxylic acids is 1. The van der Waals surface area contributed by atoms with E-state index in [1.165, 1.54) is 6.20 Å². The second-order valence-corrected chi connectivity index (χ2v) is 5.96. The van der Waals surface area contributed by atoms with Crippen LogP contribution in [-0.2, 0) is 4.74 Å². The molecule has 0 spiro atoms. The molecule has 0 aliphatic heterocycles. The number of benzene rings is 1. The summed E-state index contributed by atoms with van der Waals surface area (Å²) in [5.41, 5.74) is 2.12. The van der Waals surface area contributed by atoms with Gasteiger partial charge in [0.05, 0.1) is 24.7 Å². The maximum absolute atomic E-state index is 11.4. The molecule has 2 atom stereocenters. The molecule has 5 heteroatoms. The standard InChI is InChI=1S/C16H18N2O3/c1-16(2)13(18-9-17-8-12(18)15(19)20)10-6-4-5-7-11(10)14(16)21-3/h4-9,13-14H,1-3H3,(H,19,20). The van der Waals surface area contributed by atoms with Crippen molar-refractivity contribution in [3.63, 3.8) is 0 Å².